The van der Waals surface area contributed by atoms with Crippen molar-refractivity contribution in [2.75, 3.05) is 13.2 Å². The number of benzene rings is 1. The zero-order valence-corrected chi connectivity index (χ0v) is 11.4. The number of carbonyl (C=O) groups excluding carboxylic acids is 2. The number of rotatable bonds is 7. The lowest BCUT2D eigenvalue weighted by atomic mass is 10.0. The van der Waals surface area contributed by atoms with Crippen LogP contribution >= 0.6 is 0 Å². The smallest absolute Gasteiger partial charge is 0.338 e. The Bertz CT molecular complexity index is 400. The van der Waals surface area contributed by atoms with Crippen LogP contribution in [0.2, 0.25) is 0 Å². The molecule has 0 aliphatic rings. The highest BCUT2D eigenvalue weighted by Gasteiger charge is 2.18. The van der Waals surface area contributed by atoms with E-state index in [0.29, 0.717) is 25.0 Å². The Morgan fingerprint density at radius 2 is 1.79 bits per heavy atom. The molecule has 0 aliphatic heterocycles. The summed E-state index contributed by atoms with van der Waals surface area (Å²) in [4.78, 5) is 23.2. The van der Waals surface area contributed by atoms with Crippen LogP contribution in [0.3, 0.4) is 0 Å². The normalized spacial score (nSPS) is 11.7. The minimum atomic E-state index is -0.362. The van der Waals surface area contributed by atoms with E-state index < -0.39 is 0 Å². The van der Waals surface area contributed by atoms with Crippen LogP contribution in [-0.2, 0) is 14.3 Å². The summed E-state index contributed by atoms with van der Waals surface area (Å²) < 4.78 is 10.1. The Morgan fingerprint density at radius 3 is 2.37 bits per heavy atom. The van der Waals surface area contributed by atoms with Gasteiger partial charge in [0, 0.05) is 0 Å². The highest BCUT2D eigenvalue weighted by molar-refractivity contribution is 5.89. The van der Waals surface area contributed by atoms with Crippen molar-refractivity contribution in [3.8, 4) is 0 Å². The lowest BCUT2D eigenvalue weighted by Crippen LogP contribution is -2.19. The van der Waals surface area contributed by atoms with Crippen molar-refractivity contribution < 1.29 is 19.1 Å². The second kappa shape index (κ2) is 8.29. The Morgan fingerprint density at radius 1 is 1.11 bits per heavy atom. The molecule has 104 valence electrons. The summed E-state index contributed by atoms with van der Waals surface area (Å²) in [6, 6.07) is 8.80. The Labute approximate surface area is 113 Å². The highest BCUT2D eigenvalue weighted by atomic mass is 16.5. The van der Waals surface area contributed by atoms with Crippen LogP contribution in [0.5, 0.6) is 0 Å². The molecule has 1 aromatic rings. The molecule has 0 fully saturated rings. The van der Waals surface area contributed by atoms with E-state index in [1.807, 2.05) is 13.0 Å². The molecule has 0 N–H and O–H groups in total. The van der Waals surface area contributed by atoms with Crippen molar-refractivity contribution in [1.82, 2.24) is 0 Å². The number of hydrogen-bond donors (Lipinski definition) is 0. The van der Waals surface area contributed by atoms with Crippen LogP contribution in [0.4, 0.5) is 0 Å². The van der Waals surface area contributed by atoms with Gasteiger partial charge in [0.15, 0.2) is 0 Å². The van der Waals surface area contributed by atoms with Crippen molar-refractivity contribution >= 4 is 11.9 Å². The highest BCUT2D eigenvalue weighted by Crippen LogP contribution is 2.11. The molecule has 1 unspecified atom stereocenters. The summed E-state index contributed by atoms with van der Waals surface area (Å²) in [7, 11) is 0. The fraction of sp³-hybridized carbons (Fsp3) is 0.467. The van der Waals surface area contributed by atoms with Gasteiger partial charge >= 0.3 is 11.9 Å². The minimum Gasteiger partial charge on any atom is -0.466 e. The maximum Gasteiger partial charge on any atom is 0.338 e. The molecule has 4 nitrogen and oxygen atoms in total. The zero-order valence-electron chi connectivity index (χ0n) is 11.4. The van der Waals surface area contributed by atoms with E-state index in [1.54, 1.807) is 31.2 Å². The van der Waals surface area contributed by atoms with Crippen molar-refractivity contribution in [3.05, 3.63) is 35.9 Å². The van der Waals surface area contributed by atoms with Gasteiger partial charge in [0.25, 0.3) is 0 Å². The molecule has 19 heavy (non-hydrogen) atoms. The van der Waals surface area contributed by atoms with Crippen LogP contribution in [0.1, 0.15) is 37.0 Å². The van der Waals surface area contributed by atoms with Gasteiger partial charge in [-0.25, -0.2) is 4.79 Å². The van der Waals surface area contributed by atoms with Crippen LogP contribution in [0, 0.1) is 5.92 Å². The summed E-state index contributed by atoms with van der Waals surface area (Å²) >= 11 is 0. The first-order valence-electron chi connectivity index (χ1n) is 6.57. The second-order valence-electron chi connectivity index (χ2n) is 4.15. The predicted octanol–water partition coefficient (Wildman–Crippen LogP) is 2.82. The second-order valence-corrected chi connectivity index (χ2v) is 4.15. The van der Waals surface area contributed by atoms with Crippen molar-refractivity contribution in [2.24, 2.45) is 5.92 Å². The zero-order chi connectivity index (χ0) is 14.1. The first kappa shape index (κ1) is 15.2. The number of hydrogen-bond acceptors (Lipinski definition) is 4. The summed E-state index contributed by atoms with van der Waals surface area (Å²) in [6.45, 7) is 4.30. The van der Waals surface area contributed by atoms with Crippen LogP contribution < -0.4 is 0 Å². The van der Waals surface area contributed by atoms with Gasteiger partial charge in [0.2, 0.25) is 0 Å². The van der Waals surface area contributed by atoms with Crippen molar-refractivity contribution in [1.29, 1.82) is 0 Å². The van der Waals surface area contributed by atoms with Gasteiger partial charge in [-0.3, -0.25) is 4.79 Å². The van der Waals surface area contributed by atoms with Crippen LogP contribution in [-0.4, -0.2) is 25.2 Å². The molecular weight excluding hydrogens is 244 g/mol. The first-order valence-corrected chi connectivity index (χ1v) is 6.57. The lowest BCUT2D eigenvalue weighted by molar-refractivity contribution is -0.148. The number of ether oxygens (including phenoxy) is 2. The fourth-order valence-corrected chi connectivity index (χ4v) is 1.70. The van der Waals surface area contributed by atoms with Gasteiger partial charge in [0.1, 0.15) is 0 Å². The molecule has 0 amide bonds. The molecule has 0 radical (unpaired) electrons. The van der Waals surface area contributed by atoms with E-state index >= 15 is 0 Å². The summed E-state index contributed by atoms with van der Waals surface area (Å²) in [6.07, 6.45) is 1.18. The molecule has 0 aromatic heterocycles. The van der Waals surface area contributed by atoms with Gasteiger partial charge in [0.05, 0.1) is 24.7 Å². The third kappa shape index (κ3) is 5.12. The van der Waals surface area contributed by atoms with E-state index in [1.165, 1.54) is 0 Å². The average Bonchev–Trinajstić information content (AvgIpc) is 2.44. The third-order valence-electron chi connectivity index (χ3n) is 2.82. The average molecular weight is 264 g/mol. The number of carbonyl (C=O) groups is 2. The molecule has 0 aliphatic carbocycles. The quantitative estimate of drug-likeness (QED) is 0.711. The lowest BCUT2D eigenvalue weighted by Gasteiger charge is -2.13. The van der Waals surface area contributed by atoms with Crippen molar-refractivity contribution in [3.63, 3.8) is 0 Å². The third-order valence-corrected chi connectivity index (χ3v) is 2.82. The van der Waals surface area contributed by atoms with Gasteiger partial charge < -0.3 is 9.47 Å². The van der Waals surface area contributed by atoms with Gasteiger partial charge in [-0.1, -0.05) is 25.1 Å². The molecule has 1 atom stereocenters. The Hall–Kier alpha value is -1.84. The van der Waals surface area contributed by atoms with Crippen LogP contribution in [0.25, 0.3) is 0 Å². The minimum absolute atomic E-state index is 0.205. The maximum absolute atomic E-state index is 11.7. The molecule has 0 heterocycles. The van der Waals surface area contributed by atoms with Gasteiger partial charge in [-0.2, -0.15) is 0 Å². The first-order chi connectivity index (χ1) is 9.19. The molecule has 0 spiro atoms. The van der Waals surface area contributed by atoms with Crippen molar-refractivity contribution in [2.45, 2.75) is 26.7 Å². The summed E-state index contributed by atoms with van der Waals surface area (Å²) in [5.41, 5.74) is 0.520. The Balaban J connectivity index is 2.36. The van der Waals surface area contributed by atoms with Crippen LogP contribution in [0.15, 0.2) is 30.3 Å². The van der Waals surface area contributed by atoms with Gasteiger partial charge in [-0.15, -0.1) is 0 Å². The SMILES string of the molecule is CCOC(=O)C(CC)CCOC(=O)c1ccccc1. The van der Waals surface area contributed by atoms with E-state index in [9.17, 15) is 9.59 Å². The standard InChI is InChI=1S/C15H20O4/c1-3-12(14(16)18-4-2)10-11-19-15(17)13-8-6-5-7-9-13/h5-9,12H,3-4,10-11H2,1-2H3. The molecule has 0 bridgehead atoms. The largest absolute Gasteiger partial charge is 0.466 e. The van der Waals surface area contributed by atoms with E-state index in [0.717, 1.165) is 0 Å². The molecule has 1 rings (SSSR count). The van der Waals surface area contributed by atoms with E-state index in [4.69, 9.17) is 9.47 Å². The maximum atomic E-state index is 11.7. The van der Waals surface area contributed by atoms with E-state index in [-0.39, 0.29) is 24.5 Å². The predicted molar refractivity (Wildman–Crippen MR) is 71.8 cm³/mol. The fourth-order valence-electron chi connectivity index (χ4n) is 1.70. The summed E-state index contributed by atoms with van der Waals surface area (Å²) in [5.74, 6) is -0.788. The van der Waals surface area contributed by atoms with Gasteiger partial charge in [-0.05, 0) is 31.9 Å². The molecule has 4 heteroatoms. The molecule has 1 aromatic carbocycles. The molecular formula is C15H20O4. The monoisotopic (exact) mass is 264 g/mol. The number of esters is 2. The van der Waals surface area contributed by atoms with E-state index in [2.05, 4.69) is 0 Å². The summed E-state index contributed by atoms with van der Waals surface area (Å²) in [5, 5.41) is 0. The molecule has 0 saturated heterocycles. The Kier molecular flexibility index (Phi) is 6.64. The topological polar surface area (TPSA) is 52.6 Å². The molecule has 0 saturated carbocycles.